The molecule has 14 atom stereocenters. The lowest BCUT2D eigenvalue weighted by Crippen LogP contribution is -2.63. The molecule has 0 spiro atoms. The van der Waals surface area contributed by atoms with E-state index in [-0.39, 0.29) is 5.75 Å². The van der Waals surface area contributed by atoms with Crippen molar-refractivity contribution in [3.8, 4) is 5.75 Å². The van der Waals surface area contributed by atoms with Crippen LogP contribution >= 0.6 is 0 Å². The Morgan fingerprint density at radius 2 is 1.40 bits per heavy atom. The van der Waals surface area contributed by atoms with E-state index in [2.05, 4.69) is 0 Å². The van der Waals surface area contributed by atoms with E-state index in [9.17, 15) is 55.9 Å². The molecule has 17 nitrogen and oxygen atoms in total. The van der Waals surface area contributed by atoms with Gasteiger partial charge in [0.1, 0.15) is 79.5 Å². The second-order valence-corrected chi connectivity index (χ2v) is 10.3. The minimum absolute atomic E-state index is 0.0463. The lowest BCUT2D eigenvalue weighted by atomic mass is 9.98. The van der Waals surface area contributed by atoms with Crippen molar-refractivity contribution in [3.05, 3.63) is 35.9 Å². The number of phenolic OH excluding ortho intramolecular Hbond substituents is 1. The van der Waals surface area contributed by atoms with Gasteiger partial charge in [-0.2, -0.15) is 0 Å². The topological polar surface area (TPSA) is 275 Å². The van der Waals surface area contributed by atoms with Crippen molar-refractivity contribution in [2.24, 2.45) is 0 Å². The third-order valence-corrected chi connectivity index (χ3v) is 7.20. The summed E-state index contributed by atoms with van der Waals surface area (Å²) in [6, 6.07) is 5.95. The molecule has 10 N–H and O–H groups in total. The molecule has 0 aliphatic carbocycles. The number of ether oxygens (including phenoxy) is 6. The van der Waals surface area contributed by atoms with Crippen LogP contribution in [0.25, 0.3) is 6.08 Å². The summed E-state index contributed by atoms with van der Waals surface area (Å²) in [5, 5.41) is 101. The molecule has 242 valence electrons. The first kappa shape index (κ1) is 33.6. The molecule has 3 saturated heterocycles. The summed E-state index contributed by atoms with van der Waals surface area (Å²) in [5.41, 5.74) is 0.592. The van der Waals surface area contributed by atoms with Crippen LogP contribution in [0.3, 0.4) is 0 Å². The van der Waals surface area contributed by atoms with E-state index in [1.165, 1.54) is 18.2 Å². The summed E-state index contributed by atoms with van der Waals surface area (Å²) >= 11 is 0. The number of esters is 1. The summed E-state index contributed by atoms with van der Waals surface area (Å²) in [7, 11) is 0. The molecule has 0 amide bonds. The molecule has 1 aromatic rings. The quantitative estimate of drug-likeness (QED) is 0.0914. The largest absolute Gasteiger partial charge is 0.508 e. The SMILES string of the molecule is O=C(/C=C/c1ccc(O)cc1)OC[C@H]1O[C@@H](OC[C@H]2O[C@@H](O)[C@H](O[C@@H]3OC[C@@H](O)[C@H](O)[C@H]3O)[C@@H](O)[C@H]2O)[C@H](O)[C@@H](O)[C@@H]1O. The summed E-state index contributed by atoms with van der Waals surface area (Å²) in [4.78, 5) is 12.1. The Balaban J connectivity index is 1.29. The number of benzene rings is 1. The molecular weight excluding hydrogens is 584 g/mol. The summed E-state index contributed by atoms with van der Waals surface area (Å²) < 4.78 is 31.6. The molecule has 1 aromatic carbocycles. The second kappa shape index (κ2) is 14.6. The summed E-state index contributed by atoms with van der Waals surface area (Å²) in [5.74, 6) is -0.776. The monoisotopic (exact) mass is 620 g/mol. The summed E-state index contributed by atoms with van der Waals surface area (Å²) in [6.07, 6.45) is -20.7. The van der Waals surface area contributed by atoms with Crippen molar-refractivity contribution in [1.29, 1.82) is 0 Å². The average Bonchev–Trinajstić information content (AvgIpc) is 2.99. The van der Waals surface area contributed by atoms with Crippen molar-refractivity contribution < 1.29 is 84.3 Å². The van der Waals surface area contributed by atoms with Crippen LogP contribution in [0.2, 0.25) is 0 Å². The van der Waals surface area contributed by atoms with Crippen LogP contribution in [0.4, 0.5) is 0 Å². The van der Waals surface area contributed by atoms with E-state index in [1.54, 1.807) is 12.1 Å². The average molecular weight is 621 g/mol. The molecule has 0 aromatic heterocycles. The Bertz CT molecular complexity index is 1070. The predicted molar refractivity (Wildman–Crippen MR) is 136 cm³/mol. The van der Waals surface area contributed by atoms with Gasteiger partial charge in [0.15, 0.2) is 18.9 Å². The molecule has 3 aliphatic rings. The zero-order chi connectivity index (χ0) is 31.4. The third-order valence-electron chi connectivity index (χ3n) is 7.20. The molecule has 4 rings (SSSR count). The summed E-state index contributed by atoms with van der Waals surface area (Å²) in [6.45, 7) is -1.59. The van der Waals surface area contributed by atoms with Crippen LogP contribution < -0.4 is 0 Å². The normalized spacial score (nSPS) is 42.2. The highest BCUT2D eigenvalue weighted by molar-refractivity contribution is 5.87. The van der Waals surface area contributed by atoms with Gasteiger partial charge in [0, 0.05) is 6.08 Å². The van der Waals surface area contributed by atoms with Crippen LogP contribution in [-0.2, 0) is 33.2 Å². The first-order chi connectivity index (χ1) is 20.4. The molecule has 0 unspecified atom stereocenters. The van der Waals surface area contributed by atoms with E-state index >= 15 is 0 Å². The van der Waals surface area contributed by atoms with E-state index in [0.29, 0.717) is 5.56 Å². The van der Waals surface area contributed by atoms with Crippen molar-refractivity contribution in [2.45, 2.75) is 86.0 Å². The number of hydrogen-bond acceptors (Lipinski definition) is 17. The van der Waals surface area contributed by atoms with Gasteiger partial charge >= 0.3 is 5.97 Å². The minimum Gasteiger partial charge on any atom is -0.508 e. The molecule has 17 heteroatoms. The highest BCUT2D eigenvalue weighted by Crippen LogP contribution is 2.28. The second-order valence-electron chi connectivity index (χ2n) is 10.3. The van der Waals surface area contributed by atoms with Crippen molar-refractivity contribution >= 4 is 12.0 Å². The van der Waals surface area contributed by atoms with Crippen LogP contribution in [0.1, 0.15) is 5.56 Å². The molecule has 3 fully saturated rings. The zero-order valence-electron chi connectivity index (χ0n) is 22.5. The maximum Gasteiger partial charge on any atom is 0.330 e. The molecule has 0 radical (unpaired) electrons. The van der Waals surface area contributed by atoms with Crippen LogP contribution in [0.15, 0.2) is 30.3 Å². The highest BCUT2D eigenvalue weighted by atomic mass is 16.7. The number of aromatic hydroxyl groups is 1. The van der Waals surface area contributed by atoms with Gasteiger partial charge in [-0.3, -0.25) is 0 Å². The Morgan fingerprint density at radius 3 is 2.09 bits per heavy atom. The number of carbonyl (C=O) groups excluding carboxylic acids is 1. The van der Waals surface area contributed by atoms with Gasteiger partial charge < -0.3 is 79.5 Å². The van der Waals surface area contributed by atoms with Crippen molar-refractivity contribution in [2.75, 3.05) is 19.8 Å². The predicted octanol–water partition coefficient (Wildman–Crippen LogP) is -4.96. The Hall–Kier alpha value is -2.33. The molecule has 0 saturated carbocycles. The van der Waals surface area contributed by atoms with Gasteiger partial charge in [0.25, 0.3) is 0 Å². The molecule has 3 aliphatic heterocycles. The van der Waals surface area contributed by atoms with Crippen LogP contribution in [0, 0.1) is 0 Å². The fourth-order valence-corrected chi connectivity index (χ4v) is 4.60. The van der Waals surface area contributed by atoms with Crippen molar-refractivity contribution in [3.63, 3.8) is 0 Å². The lowest BCUT2D eigenvalue weighted by Gasteiger charge is -2.44. The maximum absolute atomic E-state index is 12.1. The van der Waals surface area contributed by atoms with Gasteiger partial charge in [-0.05, 0) is 23.8 Å². The van der Waals surface area contributed by atoms with Gasteiger partial charge in [-0.1, -0.05) is 12.1 Å². The Morgan fingerprint density at radius 1 is 0.767 bits per heavy atom. The van der Waals surface area contributed by atoms with E-state index in [0.717, 1.165) is 6.08 Å². The Kier molecular flexibility index (Phi) is 11.4. The van der Waals surface area contributed by atoms with Gasteiger partial charge in [0.05, 0.1) is 13.2 Å². The van der Waals surface area contributed by atoms with Gasteiger partial charge in [0.2, 0.25) is 0 Å². The molecule has 3 heterocycles. The highest BCUT2D eigenvalue weighted by Gasteiger charge is 2.50. The number of rotatable bonds is 9. The fraction of sp³-hybridized carbons (Fsp3) is 0.654. The van der Waals surface area contributed by atoms with E-state index in [1.807, 2.05) is 0 Å². The van der Waals surface area contributed by atoms with E-state index < -0.39 is 112 Å². The number of hydrogen-bond donors (Lipinski definition) is 10. The van der Waals surface area contributed by atoms with Gasteiger partial charge in [-0.25, -0.2) is 4.79 Å². The molecule has 43 heavy (non-hydrogen) atoms. The van der Waals surface area contributed by atoms with E-state index in [4.69, 9.17) is 28.4 Å². The Labute approximate surface area is 244 Å². The zero-order valence-corrected chi connectivity index (χ0v) is 22.5. The number of phenols is 1. The number of aliphatic hydroxyl groups excluding tert-OH is 9. The molecule has 0 bridgehead atoms. The fourth-order valence-electron chi connectivity index (χ4n) is 4.60. The smallest absolute Gasteiger partial charge is 0.330 e. The number of carbonyl (C=O) groups is 1. The standard InChI is InChI=1S/C26H36O17/c27-11-4-1-10(2-5-11)3-6-15(29)38-8-14-17(31)19(33)22(36)25(42-14)40-9-13-18(32)20(34)23(24(37)41-13)43-26-21(35)16(30)12(28)7-39-26/h1-6,12-14,16-28,30-37H,7-9H2/b6-3+/t12-,13-,14-,16+,17-,18+,19+,20+,21-,22-,23-,24-,25-,26+/m1/s1. The van der Waals surface area contributed by atoms with Gasteiger partial charge in [-0.15, -0.1) is 0 Å². The number of aliphatic hydroxyl groups is 9. The first-order valence-corrected chi connectivity index (χ1v) is 13.3. The molecular formula is C26H36O17. The van der Waals surface area contributed by atoms with Crippen LogP contribution in [-0.4, -0.2) is 163 Å². The lowest BCUT2D eigenvalue weighted by molar-refractivity contribution is -0.357. The van der Waals surface area contributed by atoms with Crippen LogP contribution in [0.5, 0.6) is 5.75 Å². The minimum atomic E-state index is -1.90. The first-order valence-electron chi connectivity index (χ1n) is 13.3. The van der Waals surface area contributed by atoms with Crippen molar-refractivity contribution in [1.82, 2.24) is 0 Å². The maximum atomic E-state index is 12.1. The third kappa shape index (κ3) is 8.04.